The molecule has 0 aromatic carbocycles. The van der Waals surface area contributed by atoms with E-state index in [1.54, 1.807) is 4.90 Å². The lowest BCUT2D eigenvalue weighted by Crippen LogP contribution is -2.27. The summed E-state index contributed by atoms with van der Waals surface area (Å²) >= 11 is 0. The van der Waals surface area contributed by atoms with Gasteiger partial charge >= 0.3 is 6.18 Å². The third kappa shape index (κ3) is 3.87. The van der Waals surface area contributed by atoms with Crippen LogP contribution in [0.4, 0.5) is 19.1 Å². The third-order valence-electron chi connectivity index (χ3n) is 2.20. The molecule has 1 aromatic rings. The minimum absolute atomic E-state index is 0.156. The maximum atomic E-state index is 12.5. The highest BCUT2D eigenvalue weighted by molar-refractivity contribution is 5.30. The van der Waals surface area contributed by atoms with E-state index in [0.717, 1.165) is 25.1 Å². The van der Waals surface area contributed by atoms with Crippen molar-refractivity contribution in [3.8, 4) is 0 Å². The van der Waals surface area contributed by atoms with Crippen LogP contribution >= 0.6 is 0 Å². The minimum atomic E-state index is -4.41. The summed E-state index contributed by atoms with van der Waals surface area (Å²) in [5, 5.41) is 0. The number of hydrogen-bond acceptors (Lipinski definition) is 3. The highest BCUT2D eigenvalue weighted by Crippen LogP contribution is 2.28. The first kappa shape index (κ1) is 13.7. The Kier molecular flexibility index (Phi) is 4.72. The molecule has 0 radical (unpaired) electrons. The molecular formula is C11H16F3N3. The molecule has 3 nitrogen and oxygen atoms in total. The van der Waals surface area contributed by atoms with Crippen molar-refractivity contribution in [3.63, 3.8) is 0 Å². The Bertz CT molecular complexity index is 346. The summed E-state index contributed by atoms with van der Waals surface area (Å²) in [7, 11) is 0. The molecule has 0 aliphatic carbocycles. The maximum absolute atomic E-state index is 12.5. The zero-order chi connectivity index (χ0) is 12.9. The zero-order valence-corrected chi connectivity index (χ0v) is 9.96. The van der Waals surface area contributed by atoms with E-state index in [2.05, 4.69) is 9.97 Å². The van der Waals surface area contributed by atoms with Crippen molar-refractivity contribution >= 4 is 5.95 Å². The van der Waals surface area contributed by atoms with Gasteiger partial charge in [-0.1, -0.05) is 13.8 Å². The standard InChI is InChI=1S/C11H16F3N3/c1-3-7-17(8-4-2)10-15-6-5-9(16-10)11(12,13)14/h5-6H,3-4,7-8H2,1-2H3. The van der Waals surface area contributed by atoms with Gasteiger partial charge in [0.15, 0.2) is 0 Å². The van der Waals surface area contributed by atoms with Crippen molar-refractivity contribution in [3.05, 3.63) is 18.0 Å². The molecule has 1 rings (SSSR count). The highest BCUT2D eigenvalue weighted by atomic mass is 19.4. The highest BCUT2D eigenvalue weighted by Gasteiger charge is 2.33. The minimum Gasteiger partial charge on any atom is -0.341 e. The normalized spacial score (nSPS) is 11.6. The fraction of sp³-hybridized carbons (Fsp3) is 0.636. The monoisotopic (exact) mass is 247 g/mol. The van der Waals surface area contributed by atoms with E-state index < -0.39 is 11.9 Å². The number of aromatic nitrogens is 2. The Hall–Kier alpha value is -1.33. The molecule has 0 bridgehead atoms. The molecular weight excluding hydrogens is 231 g/mol. The van der Waals surface area contributed by atoms with Crippen LogP contribution in [-0.4, -0.2) is 23.1 Å². The summed E-state index contributed by atoms with van der Waals surface area (Å²) in [6.45, 7) is 5.26. The van der Waals surface area contributed by atoms with Gasteiger partial charge in [0.05, 0.1) is 0 Å². The molecule has 0 aliphatic rings. The Balaban J connectivity index is 2.95. The predicted octanol–water partition coefficient (Wildman–Crippen LogP) is 3.12. The molecule has 1 heterocycles. The molecule has 17 heavy (non-hydrogen) atoms. The molecule has 1 aromatic heterocycles. The SMILES string of the molecule is CCCN(CCC)c1nccc(C(F)(F)F)n1. The topological polar surface area (TPSA) is 29.0 Å². The average molecular weight is 247 g/mol. The smallest absolute Gasteiger partial charge is 0.341 e. The maximum Gasteiger partial charge on any atom is 0.433 e. The summed E-state index contributed by atoms with van der Waals surface area (Å²) < 4.78 is 37.5. The lowest BCUT2D eigenvalue weighted by molar-refractivity contribution is -0.141. The van der Waals surface area contributed by atoms with Crippen LogP contribution in [0, 0.1) is 0 Å². The fourth-order valence-electron chi connectivity index (χ4n) is 1.51. The number of anilines is 1. The molecule has 6 heteroatoms. The number of halogens is 3. The van der Waals surface area contributed by atoms with Crippen molar-refractivity contribution in [1.82, 2.24) is 9.97 Å². The third-order valence-corrected chi connectivity index (χ3v) is 2.20. The molecule has 96 valence electrons. The van der Waals surface area contributed by atoms with Crippen molar-refractivity contribution in [2.75, 3.05) is 18.0 Å². The van der Waals surface area contributed by atoms with Crippen molar-refractivity contribution < 1.29 is 13.2 Å². The van der Waals surface area contributed by atoms with Gasteiger partial charge in [0.2, 0.25) is 5.95 Å². The summed E-state index contributed by atoms with van der Waals surface area (Å²) in [5.41, 5.74) is -0.889. The van der Waals surface area contributed by atoms with E-state index in [1.165, 1.54) is 0 Å². The van der Waals surface area contributed by atoms with Crippen LogP contribution in [0.1, 0.15) is 32.4 Å². The van der Waals surface area contributed by atoms with Crippen LogP contribution < -0.4 is 4.90 Å². The van der Waals surface area contributed by atoms with Crippen LogP contribution in [0.3, 0.4) is 0 Å². The molecule has 0 fully saturated rings. The van der Waals surface area contributed by atoms with Gasteiger partial charge in [-0.15, -0.1) is 0 Å². The molecule has 0 N–H and O–H groups in total. The largest absolute Gasteiger partial charge is 0.433 e. The van der Waals surface area contributed by atoms with Crippen molar-refractivity contribution in [1.29, 1.82) is 0 Å². The first-order valence-electron chi connectivity index (χ1n) is 5.64. The van der Waals surface area contributed by atoms with Gasteiger partial charge in [-0.25, -0.2) is 9.97 Å². The van der Waals surface area contributed by atoms with Gasteiger partial charge < -0.3 is 4.90 Å². The Morgan fingerprint density at radius 3 is 2.24 bits per heavy atom. The molecule has 0 saturated heterocycles. The molecule has 0 aliphatic heterocycles. The van der Waals surface area contributed by atoms with E-state index in [0.29, 0.717) is 13.1 Å². The van der Waals surface area contributed by atoms with Crippen molar-refractivity contribution in [2.24, 2.45) is 0 Å². The van der Waals surface area contributed by atoms with E-state index >= 15 is 0 Å². The van der Waals surface area contributed by atoms with E-state index in [1.807, 2.05) is 13.8 Å². The molecule has 0 unspecified atom stereocenters. The Labute approximate surface area is 98.7 Å². The Morgan fingerprint density at radius 1 is 1.18 bits per heavy atom. The van der Waals surface area contributed by atoms with Crippen LogP contribution in [0.5, 0.6) is 0 Å². The first-order chi connectivity index (χ1) is 7.99. The Morgan fingerprint density at radius 2 is 1.76 bits per heavy atom. The quantitative estimate of drug-likeness (QED) is 0.800. The second kappa shape index (κ2) is 5.84. The van der Waals surface area contributed by atoms with Crippen molar-refractivity contribution in [2.45, 2.75) is 32.9 Å². The van der Waals surface area contributed by atoms with Crippen LogP contribution in [-0.2, 0) is 6.18 Å². The van der Waals surface area contributed by atoms with Gasteiger partial charge in [-0.3, -0.25) is 0 Å². The molecule has 0 atom stereocenters. The van der Waals surface area contributed by atoms with Crippen LogP contribution in [0.15, 0.2) is 12.3 Å². The van der Waals surface area contributed by atoms with Gasteiger partial charge in [0.1, 0.15) is 5.69 Å². The summed E-state index contributed by atoms with van der Waals surface area (Å²) in [4.78, 5) is 9.25. The van der Waals surface area contributed by atoms with Crippen LogP contribution in [0.2, 0.25) is 0 Å². The second-order valence-electron chi connectivity index (χ2n) is 3.73. The summed E-state index contributed by atoms with van der Waals surface area (Å²) in [6.07, 6.45) is -1.57. The van der Waals surface area contributed by atoms with E-state index in [-0.39, 0.29) is 5.95 Å². The lowest BCUT2D eigenvalue weighted by atomic mass is 10.3. The number of nitrogens with zero attached hydrogens (tertiary/aromatic N) is 3. The van der Waals surface area contributed by atoms with E-state index in [4.69, 9.17) is 0 Å². The number of rotatable bonds is 5. The van der Waals surface area contributed by atoms with Gasteiger partial charge in [0, 0.05) is 19.3 Å². The predicted molar refractivity (Wildman–Crippen MR) is 59.8 cm³/mol. The summed E-state index contributed by atoms with van der Waals surface area (Å²) in [6, 6.07) is 0.888. The first-order valence-corrected chi connectivity index (χ1v) is 5.64. The van der Waals surface area contributed by atoms with Crippen LogP contribution in [0.25, 0.3) is 0 Å². The van der Waals surface area contributed by atoms with E-state index in [9.17, 15) is 13.2 Å². The zero-order valence-electron chi connectivity index (χ0n) is 9.96. The second-order valence-corrected chi connectivity index (χ2v) is 3.73. The number of alkyl halides is 3. The van der Waals surface area contributed by atoms with Gasteiger partial charge in [0.25, 0.3) is 0 Å². The fourth-order valence-corrected chi connectivity index (χ4v) is 1.51. The summed E-state index contributed by atoms with van der Waals surface area (Å²) in [5.74, 6) is 0.156. The molecule has 0 spiro atoms. The molecule has 0 amide bonds. The van der Waals surface area contributed by atoms with Gasteiger partial charge in [-0.05, 0) is 18.9 Å². The lowest BCUT2D eigenvalue weighted by Gasteiger charge is -2.21. The average Bonchev–Trinajstić information content (AvgIpc) is 2.28. The number of hydrogen-bond donors (Lipinski definition) is 0. The van der Waals surface area contributed by atoms with Gasteiger partial charge in [-0.2, -0.15) is 13.2 Å². The molecule has 0 saturated carbocycles.